The average molecular weight is 514 g/mol. The van der Waals surface area contributed by atoms with E-state index in [1.807, 2.05) is 35.2 Å². The molecule has 1 aliphatic rings. The van der Waals surface area contributed by atoms with Gasteiger partial charge in [0.25, 0.3) is 0 Å². The third-order valence-electron chi connectivity index (χ3n) is 5.37. The van der Waals surface area contributed by atoms with Crippen molar-refractivity contribution in [3.05, 3.63) is 83.9 Å². The van der Waals surface area contributed by atoms with Crippen LogP contribution in [0.1, 0.15) is 18.1 Å². The lowest BCUT2D eigenvalue weighted by Gasteiger charge is -2.14. The zero-order valence-electron chi connectivity index (χ0n) is 18.4. The van der Waals surface area contributed by atoms with Gasteiger partial charge >= 0.3 is 6.09 Å². The van der Waals surface area contributed by atoms with Gasteiger partial charge in [-0.25, -0.2) is 13.8 Å². The molecule has 0 spiro atoms. The van der Waals surface area contributed by atoms with Crippen molar-refractivity contribution in [3.63, 3.8) is 0 Å². The summed E-state index contributed by atoms with van der Waals surface area (Å²) >= 11 is 0. The van der Waals surface area contributed by atoms with Gasteiger partial charge in [-0.2, -0.15) is 0 Å². The van der Waals surface area contributed by atoms with Crippen molar-refractivity contribution in [1.82, 2.24) is 5.32 Å². The van der Waals surface area contributed by atoms with E-state index in [2.05, 4.69) is 30.4 Å². The second-order valence-corrected chi connectivity index (χ2v) is 7.97. The fourth-order valence-electron chi connectivity index (χ4n) is 3.77. The first-order valence-electron chi connectivity index (χ1n) is 10.5. The summed E-state index contributed by atoms with van der Waals surface area (Å²) in [5.41, 5.74) is 4.05. The molecule has 1 atom stereocenters. The highest BCUT2D eigenvalue weighted by molar-refractivity contribution is 5.90. The molecule has 172 valence electrons. The number of hydrogen-bond donors (Lipinski definition) is 1. The molecule has 0 saturated carbocycles. The first-order chi connectivity index (χ1) is 15.4. The lowest BCUT2D eigenvalue weighted by Crippen LogP contribution is -3.00. The van der Waals surface area contributed by atoms with Crippen molar-refractivity contribution < 1.29 is 40.3 Å². The normalized spacial score (nSPS) is 15.1. The Labute approximate surface area is 202 Å². The maximum atomic E-state index is 14.9. The molecule has 1 aromatic heterocycles. The summed E-state index contributed by atoms with van der Waals surface area (Å²) in [4.78, 5) is 24.6. The van der Waals surface area contributed by atoms with Crippen LogP contribution in [0.5, 0.6) is 0 Å². The van der Waals surface area contributed by atoms with E-state index in [1.165, 1.54) is 29.0 Å². The van der Waals surface area contributed by atoms with E-state index in [4.69, 9.17) is 4.74 Å². The van der Waals surface area contributed by atoms with Gasteiger partial charge in [0.2, 0.25) is 5.91 Å². The zero-order valence-corrected chi connectivity index (χ0v) is 20.0. The summed E-state index contributed by atoms with van der Waals surface area (Å²) in [6, 6.07) is 16.8. The number of nitrogens with one attached hydrogen (secondary N) is 1. The fourth-order valence-corrected chi connectivity index (χ4v) is 3.77. The lowest BCUT2D eigenvalue weighted by molar-refractivity contribution is -0.688. The van der Waals surface area contributed by atoms with Crippen molar-refractivity contribution in [2.45, 2.75) is 26.5 Å². The molecule has 0 bridgehead atoms. The first-order valence-corrected chi connectivity index (χ1v) is 10.5. The molecular formula is C25H25BrFN3O3. The Morgan fingerprint density at radius 1 is 1.18 bits per heavy atom. The van der Waals surface area contributed by atoms with Crippen LogP contribution in [0.2, 0.25) is 0 Å². The molecule has 2 aromatic carbocycles. The number of amides is 2. The Morgan fingerprint density at radius 2 is 1.94 bits per heavy atom. The average Bonchev–Trinajstić information content (AvgIpc) is 3.13. The molecule has 33 heavy (non-hydrogen) atoms. The molecule has 1 N–H and O–H groups in total. The molecular weight excluding hydrogens is 489 g/mol. The van der Waals surface area contributed by atoms with Crippen molar-refractivity contribution in [3.8, 4) is 11.1 Å². The number of anilines is 1. The molecule has 4 rings (SSSR count). The van der Waals surface area contributed by atoms with E-state index in [0.29, 0.717) is 11.3 Å². The van der Waals surface area contributed by atoms with Crippen LogP contribution in [-0.2, 0) is 16.1 Å². The van der Waals surface area contributed by atoms with E-state index >= 15 is 0 Å². The minimum Gasteiger partial charge on any atom is -1.00 e. The number of halogens is 2. The molecule has 1 fully saturated rings. The van der Waals surface area contributed by atoms with Crippen LogP contribution in [0.15, 0.2) is 67.0 Å². The molecule has 8 heteroatoms. The Balaban J connectivity index is 0.00000306. The molecule has 1 aliphatic heterocycles. The number of pyridine rings is 1. The van der Waals surface area contributed by atoms with Crippen LogP contribution in [0.4, 0.5) is 14.9 Å². The summed E-state index contributed by atoms with van der Waals surface area (Å²) in [7, 11) is 0. The number of ether oxygens (including phenoxy) is 1. The predicted molar refractivity (Wildman–Crippen MR) is 119 cm³/mol. The summed E-state index contributed by atoms with van der Waals surface area (Å²) in [5, 5.41) is 2.63. The Morgan fingerprint density at radius 3 is 2.61 bits per heavy atom. The van der Waals surface area contributed by atoms with Crippen LogP contribution < -0.4 is 31.8 Å². The van der Waals surface area contributed by atoms with E-state index in [1.54, 1.807) is 12.1 Å². The second-order valence-electron chi connectivity index (χ2n) is 7.97. The zero-order chi connectivity index (χ0) is 22.7. The minimum absolute atomic E-state index is 0. The number of hydrogen-bond acceptors (Lipinski definition) is 3. The van der Waals surface area contributed by atoms with Crippen LogP contribution >= 0.6 is 0 Å². The molecule has 0 radical (unpaired) electrons. The van der Waals surface area contributed by atoms with Gasteiger partial charge < -0.3 is 27.0 Å². The first kappa shape index (κ1) is 24.4. The van der Waals surface area contributed by atoms with E-state index in [0.717, 1.165) is 12.1 Å². The van der Waals surface area contributed by atoms with Gasteiger partial charge in [0.05, 0.1) is 18.8 Å². The van der Waals surface area contributed by atoms with Gasteiger partial charge in [-0.05, 0) is 36.8 Å². The van der Waals surface area contributed by atoms with Crippen molar-refractivity contribution in [2.24, 2.45) is 0 Å². The van der Waals surface area contributed by atoms with E-state index in [9.17, 15) is 14.0 Å². The SMILES string of the molecule is CC(=O)NC[C@H]1CN(c2ccc(-c3cc[n+](Cc4cccc(C)c4)cc3)c(F)c2)C(=O)O1.[Br-]. The van der Waals surface area contributed by atoms with Gasteiger partial charge in [-0.3, -0.25) is 9.69 Å². The quantitative estimate of drug-likeness (QED) is 0.491. The highest BCUT2D eigenvalue weighted by atomic mass is 79.9. The van der Waals surface area contributed by atoms with Crippen LogP contribution in [-0.4, -0.2) is 31.2 Å². The molecule has 0 unspecified atom stereocenters. The molecule has 3 aromatic rings. The maximum Gasteiger partial charge on any atom is 0.414 e. The number of aromatic nitrogens is 1. The molecule has 2 heterocycles. The second kappa shape index (κ2) is 10.6. The standard InChI is InChI=1S/C25H24FN3O3.BrH/c1-17-4-3-5-19(12-17)15-28-10-8-20(9-11-28)23-7-6-21(13-24(23)26)29-16-22(32-25(29)31)14-27-18(2)30;/h3-13,22H,14-16H2,1-2H3;1H/t22-;/m0./s1. The number of nitrogens with zero attached hydrogens (tertiary/aromatic N) is 2. The topological polar surface area (TPSA) is 62.5 Å². The number of carbonyl (C=O) groups excluding carboxylic acids is 2. The van der Waals surface area contributed by atoms with Crippen molar-refractivity contribution in [1.29, 1.82) is 0 Å². The van der Waals surface area contributed by atoms with Gasteiger partial charge in [0.1, 0.15) is 11.9 Å². The highest BCUT2D eigenvalue weighted by Gasteiger charge is 2.32. The number of aryl methyl sites for hydroxylation is 1. The van der Waals surface area contributed by atoms with E-state index < -0.39 is 18.0 Å². The third-order valence-corrected chi connectivity index (χ3v) is 5.37. The van der Waals surface area contributed by atoms with Gasteiger partial charge in [-0.1, -0.05) is 23.8 Å². The molecule has 6 nitrogen and oxygen atoms in total. The van der Waals surface area contributed by atoms with Gasteiger partial charge in [0.15, 0.2) is 18.9 Å². The van der Waals surface area contributed by atoms with Crippen molar-refractivity contribution >= 4 is 17.7 Å². The fraction of sp³-hybridized carbons (Fsp3) is 0.240. The smallest absolute Gasteiger partial charge is 0.414 e. The Bertz CT molecular complexity index is 1150. The highest BCUT2D eigenvalue weighted by Crippen LogP contribution is 2.28. The molecule has 2 amide bonds. The molecule has 0 aliphatic carbocycles. The predicted octanol–water partition coefficient (Wildman–Crippen LogP) is 0.602. The number of benzene rings is 2. The van der Waals surface area contributed by atoms with E-state index in [-0.39, 0.29) is 36.0 Å². The number of cyclic esters (lactones) is 1. The third kappa shape index (κ3) is 5.96. The lowest BCUT2D eigenvalue weighted by atomic mass is 10.1. The van der Waals surface area contributed by atoms with Gasteiger partial charge in [0, 0.05) is 30.2 Å². The number of carbonyl (C=O) groups is 2. The summed E-state index contributed by atoms with van der Waals surface area (Å²) in [6.45, 7) is 4.68. The van der Waals surface area contributed by atoms with Gasteiger partial charge in [-0.15, -0.1) is 0 Å². The van der Waals surface area contributed by atoms with Crippen molar-refractivity contribution in [2.75, 3.05) is 18.0 Å². The Hall–Kier alpha value is -3.26. The summed E-state index contributed by atoms with van der Waals surface area (Å²) in [6.07, 6.45) is 2.84. The van der Waals surface area contributed by atoms with Crippen LogP contribution in [0.25, 0.3) is 11.1 Å². The summed E-state index contributed by atoms with van der Waals surface area (Å²) < 4.78 is 22.2. The largest absolute Gasteiger partial charge is 1.00 e. The molecule has 1 saturated heterocycles. The maximum absolute atomic E-state index is 14.9. The summed E-state index contributed by atoms with van der Waals surface area (Å²) in [5.74, 6) is -0.616. The van der Waals surface area contributed by atoms with Crippen LogP contribution in [0.3, 0.4) is 0 Å². The number of rotatable bonds is 6. The van der Waals surface area contributed by atoms with Crippen LogP contribution in [0, 0.1) is 12.7 Å². The monoisotopic (exact) mass is 513 g/mol. The minimum atomic E-state index is -0.551. The Kier molecular flexibility index (Phi) is 7.81.